The van der Waals surface area contributed by atoms with Gasteiger partial charge in [0.15, 0.2) is 0 Å². The standard InChI is InChI=1S/C35H37N3O6/c1-20-13-23(16-32(41)36-4)15-25(34(20)44-30-11-7-28(40)8-12-30)18-31-22(3)33(43-29-9-5-27(39)6-10-29)21(2)14-24(31)17-26-19-37-35(42)38-26/h5-15,26,39-40H,16-19H2,1-4H3,(H,36,41)(H2,37,38,42). The average Bonchev–Trinajstić information content (AvgIpc) is 3.40. The second kappa shape index (κ2) is 13.0. The van der Waals surface area contributed by atoms with Gasteiger partial charge in [-0.2, -0.15) is 0 Å². The molecule has 1 heterocycles. The minimum atomic E-state index is -0.181. The number of phenolic OH excluding ortho intramolecular Hbond substituents is 2. The number of aryl methyl sites for hydroxylation is 2. The molecule has 1 unspecified atom stereocenters. The zero-order valence-electron chi connectivity index (χ0n) is 25.3. The van der Waals surface area contributed by atoms with E-state index in [2.05, 4.69) is 22.0 Å². The number of aromatic hydroxyl groups is 2. The maximum Gasteiger partial charge on any atom is 0.315 e. The van der Waals surface area contributed by atoms with Crippen LogP contribution in [-0.4, -0.2) is 41.8 Å². The van der Waals surface area contributed by atoms with Gasteiger partial charge in [-0.15, -0.1) is 0 Å². The Hall–Kier alpha value is -5.18. The van der Waals surface area contributed by atoms with Gasteiger partial charge in [-0.25, -0.2) is 4.79 Å². The first-order chi connectivity index (χ1) is 21.1. The van der Waals surface area contributed by atoms with Crippen molar-refractivity contribution < 1.29 is 29.3 Å². The molecule has 228 valence electrons. The van der Waals surface area contributed by atoms with Crippen LogP contribution in [0.2, 0.25) is 0 Å². The Morgan fingerprint density at radius 1 is 0.864 bits per heavy atom. The SMILES string of the molecule is CNC(=O)Cc1cc(C)c(Oc2ccc(O)cc2)c(Cc2c(CC3CNC(=O)N3)cc(C)c(Oc3ccc(O)cc3)c2C)c1. The van der Waals surface area contributed by atoms with Crippen LogP contribution in [0.15, 0.2) is 66.7 Å². The van der Waals surface area contributed by atoms with Crippen molar-refractivity contribution in [3.8, 4) is 34.5 Å². The molecule has 0 radical (unpaired) electrons. The molecule has 0 spiro atoms. The molecule has 1 atom stereocenters. The van der Waals surface area contributed by atoms with Gasteiger partial charge in [0.05, 0.1) is 12.5 Å². The van der Waals surface area contributed by atoms with Crippen LogP contribution in [0.25, 0.3) is 0 Å². The lowest BCUT2D eigenvalue weighted by molar-refractivity contribution is -0.119. The van der Waals surface area contributed by atoms with Crippen molar-refractivity contribution in [3.05, 3.63) is 106 Å². The zero-order chi connectivity index (χ0) is 31.4. The second-order valence-electron chi connectivity index (χ2n) is 11.2. The molecule has 0 aliphatic carbocycles. The van der Waals surface area contributed by atoms with E-state index in [-0.39, 0.29) is 35.9 Å². The third kappa shape index (κ3) is 7.06. The number of amides is 3. The zero-order valence-corrected chi connectivity index (χ0v) is 25.3. The van der Waals surface area contributed by atoms with Crippen molar-refractivity contribution in [2.24, 2.45) is 0 Å². The molecule has 0 saturated carbocycles. The fraction of sp³-hybridized carbons (Fsp3) is 0.257. The largest absolute Gasteiger partial charge is 0.508 e. The highest BCUT2D eigenvalue weighted by atomic mass is 16.5. The summed E-state index contributed by atoms with van der Waals surface area (Å²) >= 11 is 0. The first-order valence-electron chi connectivity index (χ1n) is 14.5. The molecule has 1 fully saturated rings. The Balaban J connectivity index is 1.61. The smallest absolute Gasteiger partial charge is 0.315 e. The third-order valence-corrected chi connectivity index (χ3v) is 7.78. The van der Waals surface area contributed by atoms with Crippen LogP contribution in [0.1, 0.15) is 38.9 Å². The molecule has 44 heavy (non-hydrogen) atoms. The summed E-state index contributed by atoms with van der Waals surface area (Å²) in [6.45, 7) is 6.50. The normalized spacial score (nSPS) is 14.1. The first kappa shape index (κ1) is 30.3. The molecular formula is C35H37N3O6. The Labute approximate surface area is 256 Å². The van der Waals surface area contributed by atoms with Crippen molar-refractivity contribution in [2.45, 2.75) is 46.1 Å². The Bertz CT molecular complexity index is 1680. The molecule has 5 N–H and O–H groups in total. The summed E-state index contributed by atoms with van der Waals surface area (Å²) in [7, 11) is 1.62. The Kier molecular flexibility index (Phi) is 8.94. The predicted molar refractivity (Wildman–Crippen MR) is 168 cm³/mol. The minimum Gasteiger partial charge on any atom is -0.508 e. The summed E-state index contributed by atoms with van der Waals surface area (Å²) in [6.07, 6.45) is 1.30. The summed E-state index contributed by atoms with van der Waals surface area (Å²) in [5.74, 6) is 2.75. The van der Waals surface area contributed by atoms with Gasteiger partial charge >= 0.3 is 6.03 Å². The quantitative estimate of drug-likeness (QED) is 0.160. The monoisotopic (exact) mass is 595 g/mol. The van der Waals surface area contributed by atoms with Gasteiger partial charge in [0, 0.05) is 20.0 Å². The fourth-order valence-corrected chi connectivity index (χ4v) is 5.60. The maximum absolute atomic E-state index is 12.3. The molecule has 5 rings (SSSR count). The van der Waals surface area contributed by atoms with E-state index in [4.69, 9.17) is 9.47 Å². The van der Waals surface area contributed by atoms with Gasteiger partial charge in [-0.05, 0) is 115 Å². The summed E-state index contributed by atoms with van der Waals surface area (Å²) in [4.78, 5) is 24.3. The van der Waals surface area contributed by atoms with E-state index in [0.717, 1.165) is 38.9 Å². The minimum absolute atomic E-state index is 0.0713. The number of benzene rings is 4. The Morgan fingerprint density at radius 3 is 2.02 bits per heavy atom. The molecule has 1 saturated heterocycles. The van der Waals surface area contributed by atoms with E-state index in [0.29, 0.717) is 42.4 Å². The van der Waals surface area contributed by atoms with Gasteiger partial charge in [0.25, 0.3) is 0 Å². The van der Waals surface area contributed by atoms with Crippen LogP contribution < -0.4 is 25.4 Å². The highest BCUT2D eigenvalue weighted by Crippen LogP contribution is 2.38. The lowest BCUT2D eigenvalue weighted by Gasteiger charge is -2.23. The van der Waals surface area contributed by atoms with Crippen molar-refractivity contribution in [2.75, 3.05) is 13.6 Å². The number of rotatable bonds is 10. The summed E-state index contributed by atoms with van der Waals surface area (Å²) in [5.41, 5.74) is 6.58. The number of phenols is 2. The summed E-state index contributed by atoms with van der Waals surface area (Å²) in [5, 5.41) is 28.1. The van der Waals surface area contributed by atoms with Crippen LogP contribution in [0.5, 0.6) is 34.5 Å². The molecule has 1 aliphatic heterocycles. The molecule has 0 aromatic heterocycles. The summed E-state index contributed by atoms with van der Waals surface area (Å²) < 4.78 is 12.8. The van der Waals surface area contributed by atoms with Gasteiger partial charge < -0.3 is 35.6 Å². The number of nitrogens with one attached hydrogen (secondary N) is 3. The topological polar surface area (TPSA) is 129 Å². The molecule has 9 nitrogen and oxygen atoms in total. The van der Waals surface area contributed by atoms with Crippen LogP contribution >= 0.6 is 0 Å². The number of urea groups is 1. The van der Waals surface area contributed by atoms with Gasteiger partial charge in [0.2, 0.25) is 5.91 Å². The lowest BCUT2D eigenvalue weighted by Crippen LogP contribution is -2.29. The van der Waals surface area contributed by atoms with E-state index in [1.54, 1.807) is 55.6 Å². The van der Waals surface area contributed by atoms with E-state index in [1.165, 1.54) is 0 Å². The van der Waals surface area contributed by atoms with E-state index < -0.39 is 0 Å². The fourth-order valence-electron chi connectivity index (χ4n) is 5.60. The number of ether oxygens (including phenoxy) is 2. The average molecular weight is 596 g/mol. The number of carbonyl (C=O) groups excluding carboxylic acids is 2. The van der Waals surface area contributed by atoms with Crippen molar-refractivity contribution in [1.29, 1.82) is 0 Å². The molecule has 1 aliphatic rings. The van der Waals surface area contributed by atoms with Crippen molar-refractivity contribution >= 4 is 11.9 Å². The molecule has 3 amide bonds. The van der Waals surface area contributed by atoms with Crippen molar-refractivity contribution in [1.82, 2.24) is 16.0 Å². The molecule has 4 aromatic carbocycles. The number of hydrogen-bond acceptors (Lipinski definition) is 6. The van der Waals surface area contributed by atoms with Crippen LogP contribution in [0, 0.1) is 20.8 Å². The highest BCUT2D eigenvalue weighted by Gasteiger charge is 2.25. The first-order valence-corrected chi connectivity index (χ1v) is 14.5. The van der Waals surface area contributed by atoms with Crippen LogP contribution in [0.3, 0.4) is 0 Å². The summed E-state index contributed by atoms with van der Waals surface area (Å²) in [6, 6.07) is 19.0. The van der Waals surface area contributed by atoms with Crippen LogP contribution in [0.4, 0.5) is 4.79 Å². The third-order valence-electron chi connectivity index (χ3n) is 7.78. The lowest BCUT2D eigenvalue weighted by atomic mass is 9.88. The van der Waals surface area contributed by atoms with Gasteiger partial charge in [0.1, 0.15) is 34.5 Å². The number of carbonyl (C=O) groups is 2. The second-order valence-corrected chi connectivity index (χ2v) is 11.2. The number of likely N-dealkylation sites (N-methyl/N-ethyl adjacent to an activating group) is 1. The van der Waals surface area contributed by atoms with E-state index in [9.17, 15) is 19.8 Å². The highest BCUT2D eigenvalue weighted by molar-refractivity contribution is 5.78. The molecular weight excluding hydrogens is 558 g/mol. The predicted octanol–water partition coefficient (Wildman–Crippen LogP) is 5.71. The molecule has 0 bridgehead atoms. The van der Waals surface area contributed by atoms with E-state index >= 15 is 0 Å². The maximum atomic E-state index is 12.3. The van der Waals surface area contributed by atoms with Gasteiger partial charge in [-0.3, -0.25) is 4.79 Å². The number of hydrogen-bond donors (Lipinski definition) is 5. The van der Waals surface area contributed by atoms with E-state index in [1.807, 2.05) is 32.9 Å². The van der Waals surface area contributed by atoms with Gasteiger partial charge in [-0.1, -0.05) is 18.2 Å². The Morgan fingerprint density at radius 2 is 1.45 bits per heavy atom. The van der Waals surface area contributed by atoms with Crippen LogP contribution in [-0.2, 0) is 24.1 Å². The molecule has 9 heteroatoms. The van der Waals surface area contributed by atoms with Crippen molar-refractivity contribution in [3.63, 3.8) is 0 Å². The molecule has 4 aromatic rings.